The van der Waals surface area contributed by atoms with Crippen LogP contribution in [0, 0.1) is 5.92 Å². The molecule has 0 radical (unpaired) electrons. The molecule has 2 atom stereocenters. The first-order valence-electron chi connectivity index (χ1n) is 7.00. The molecule has 0 amide bonds. The molecule has 1 aromatic heterocycles. The molecule has 1 fully saturated rings. The number of oxazole rings is 1. The minimum atomic E-state index is -0.0650. The number of hydrogen-bond acceptors (Lipinski definition) is 4. The Morgan fingerprint density at radius 1 is 1.50 bits per heavy atom. The molecular weight excluding hydrogens is 226 g/mol. The van der Waals surface area contributed by atoms with Crippen molar-refractivity contribution in [2.24, 2.45) is 11.7 Å². The first-order chi connectivity index (χ1) is 8.56. The summed E-state index contributed by atoms with van der Waals surface area (Å²) in [5, 5.41) is 0. The van der Waals surface area contributed by atoms with Crippen LogP contribution in [-0.4, -0.2) is 29.0 Å². The molecule has 18 heavy (non-hydrogen) atoms. The highest BCUT2D eigenvalue weighted by atomic mass is 16.4. The van der Waals surface area contributed by atoms with Crippen LogP contribution in [0.5, 0.6) is 0 Å². The third-order valence-corrected chi connectivity index (χ3v) is 3.76. The van der Waals surface area contributed by atoms with E-state index >= 15 is 0 Å². The van der Waals surface area contributed by atoms with Crippen LogP contribution in [0.15, 0.2) is 10.6 Å². The molecule has 102 valence electrons. The van der Waals surface area contributed by atoms with Gasteiger partial charge in [0.15, 0.2) is 5.89 Å². The zero-order chi connectivity index (χ0) is 13.1. The molecule has 4 nitrogen and oxygen atoms in total. The van der Waals surface area contributed by atoms with E-state index in [0.717, 1.165) is 24.6 Å². The molecule has 0 saturated carbocycles. The predicted molar refractivity (Wildman–Crippen MR) is 72.2 cm³/mol. The predicted octanol–water partition coefficient (Wildman–Crippen LogP) is 2.36. The van der Waals surface area contributed by atoms with Crippen LogP contribution in [0.3, 0.4) is 0 Å². The van der Waals surface area contributed by atoms with Crippen molar-refractivity contribution in [3.8, 4) is 0 Å². The SMILES string of the molecule is CC(N)c1cnc(CC2CCCN(C(C)C)C2)o1. The fraction of sp³-hybridized carbons (Fsp3) is 0.786. The molecule has 1 aromatic rings. The molecule has 2 heterocycles. The van der Waals surface area contributed by atoms with E-state index in [9.17, 15) is 0 Å². The lowest BCUT2D eigenvalue weighted by Crippen LogP contribution is -2.40. The Kier molecular flexibility index (Phi) is 4.40. The second-order valence-corrected chi connectivity index (χ2v) is 5.75. The summed E-state index contributed by atoms with van der Waals surface area (Å²) >= 11 is 0. The summed E-state index contributed by atoms with van der Waals surface area (Å²) in [6, 6.07) is 0.571. The summed E-state index contributed by atoms with van der Waals surface area (Å²) in [4.78, 5) is 6.88. The number of aromatic nitrogens is 1. The quantitative estimate of drug-likeness (QED) is 0.892. The van der Waals surface area contributed by atoms with E-state index in [1.807, 2.05) is 6.92 Å². The van der Waals surface area contributed by atoms with Crippen LogP contribution >= 0.6 is 0 Å². The minimum Gasteiger partial charge on any atom is -0.444 e. The van der Waals surface area contributed by atoms with Gasteiger partial charge in [-0.3, -0.25) is 0 Å². The van der Waals surface area contributed by atoms with Gasteiger partial charge in [-0.25, -0.2) is 4.98 Å². The highest BCUT2D eigenvalue weighted by Gasteiger charge is 2.23. The number of likely N-dealkylation sites (tertiary alicyclic amines) is 1. The maximum absolute atomic E-state index is 5.78. The first kappa shape index (κ1) is 13.6. The highest BCUT2D eigenvalue weighted by Crippen LogP contribution is 2.22. The number of nitrogens with zero attached hydrogens (tertiary/aromatic N) is 2. The van der Waals surface area contributed by atoms with Gasteiger partial charge in [0.25, 0.3) is 0 Å². The lowest BCUT2D eigenvalue weighted by molar-refractivity contribution is 0.135. The highest BCUT2D eigenvalue weighted by molar-refractivity contribution is 4.99. The van der Waals surface area contributed by atoms with Gasteiger partial charge in [0.1, 0.15) is 5.76 Å². The molecule has 1 aliphatic heterocycles. The number of rotatable bonds is 4. The summed E-state index contributed by atoms with van der Waals surface area (Å²) < 4.78 is 5.69. The first-order valence-corrected chi connectivity index (χ1v) is 7.00. The van der Waals surface area contributed by atoms with Crippen molar-refractivity contribution in [2.45, 2.75) is 52.1 Å². The van der Waals surface area contributed by atoms with Crippen molar-refractivity contribution < 1.29 is 4.42 Å². The van der Waals surface area contributed by atoms with E-state index in [2.05, 4.69) is 23.7 Å². The Balaban J connectivity index is 1.92. The van der Waals surface area contributed by atoms with Gasteiger partial charge in [0.2, 0.25) is 0 Å². The Bertz CT molecular complexity index is 373. The van der Waals surface area contributed by atoms with Crippen LogP contribution in [0.25, 0.3) is 0 Å². The molecular formula is C14H25N3O. The second kappa shape index (κ2) is 5.85. The summed E-state index contributed by atoms with van der Waals surface area (Å²) in [7, 11) is 0. The standard InChI is InChI=1S/C14H25N3O/c1-10(2)17-6-4-5-12(9-17)7-14-16-8-13(18-14)11(3)15/h8,10-12H,4-7,9,15H2,1-3H3. The van der Waals surface area contributed by atoms with Gasteiger partial charge in [-0.15, -0.1) is 0 Å². The second-order valence-electron chi connectivity index (χ2n) is 5.75. The summed E-state index contributed by atoms with van der Waals surface area (Å²) in [5.41, 5.74) is 5.78. The maximum atomic E-state index is 5.78. The van der Waals surface area contributed by atoms with E-state index in [4.69, 9.17) is 10.2 Å². The van der Waals surface area contributed by atoms with Gasteiger partial charge in [0.05, 0.1) is 12.2 Å². The molecule has 4 heteroatoms. The van der Waals surface area contributed by atoms with Crippen LogP contribution in [0.4, 0.5) is 0 Å². The van der Waals surface area contributed by atoms with E-state index in [-0.39, 0.29) is 6.04 Å². The average molecular weight is 251 g/mol. The third-order valence-electron chi connectivity index (χ3n) is 3.76. The van der Waals surface area contributed by atoms with E-state index in [1.54, 1.807) is 6.20 Å². The molecule has 2 N–H and O–H groups in total. The third kappa shape index (κ3) is 3.33. The molecule has 0 spiro atoms. The summed E-state index contributed by atoms with van der Waals surface area (Å²) in [6.45, 7) is 8.84. The largest absolute Gasteiger partial charge is 0.444 e. The number of nitrogens with two attached hydrogens (primary N) is 1. The molecule has 0 bridgehead atoms. The zero-order valence-electron chi connectivity index (χ0n) is 11.7. The van der Waals surface area contributed by atoms with Gasteiger partial charge in [-0.2, -0.15) is 0 Å². The molecule has 2 unspecified atom stereocenters. The van der Waals surface area contributed by atoms with Crippen molar-refractivity contribution in [3.63, 3.8) is 0 Å². The Labute approximate surface area is 110 Å². The van der Waals surface area contributed by atoms with Crippen molar-refractivity contribution in [2.75, 3.05) is 13.1 Å². The average Bonchev–Trinajstić information content (AvgIpc) is 2.78. The lowest BCUT2D eigenvalue weighted by Gasteiger charge is -2.35. The van der Waals surface area contributed by atoms with Crippen molar-refractivity contribution in [3.05, 3.63) is 17.8 Å². The smallest absolute Gasteiger partial charge is 0.194 e. The lowest BCUT2D eigenvalue weighted by atomic mass is 9.94. The number of piperidine rings is 1. The van der Waals surface area contributed by atoms with Crippen LogP contribution in [0.2, 0.25) is 0 Å². The van der Waals surface area contributed by atoms with E-state index in [1.165, 1.54) is 19.4 Å². The molecule has 1 saturated heterocycles. The van der Waals surface area contributed by atoms with Crippen LogP contribution < -0.4 is 5.73 Å². The summed E-state index contributed by atoms with van der Waals surface area (Å²) in [5.74, 6) is 2.31. The fourth-order valence-corrected chi connectivity index (χ4v) is 2.61. The minimum absolute atomic E-state index is 0.0650. The van der Waals surface area contributed by atoms with Crippen LogP contribution in [-0.2, 0) is 6.42 Å². The molecule has 0 aliphatic carbocycles. The summed E-state index contributed by atoms with van der Waals surface area (Å²) in [6.07, 6.45) is 5.27. The Morgan fingerprint density at radius 2 is 2.28 bits per heavy atom. The maximum Gasteiger partial charge on any atom is 0.194 e. The normalized spacial score (nSPS) is 23.5. The van der Waals surface area contributed by atoms with Crippen molar-refractivity contribution in [1.29, 1.82) is 0 Å². The van der Waals surface area contributed by atoms with E-state index < -0.39 is 0 Å². The van der Waals surface area contributed by atoms with Gasteiger partial charge in [-0.05, 0) is 46.1 Å². The van der Waals surface area contributed by atoms with Crippen molar-refractivity contribution in [1.82, 2.24) is 9.88 Å². The monoisotopic (exact) mass is 251 g/mol. The molecule has 0 aromatic carbocycles. The molecule has 2 rings (SSSR count). The Hall–Kier alpha value is -0.870. The molecule has 1 aliphatic rings. The zero-order valence-corrected chi connectivity index (χ0v) is 11.7. The van der Waals surface area contributed by atoms with Gasteiger partial charge >= 0.3 is 0 Å². The topological polar surface area (TPSA) is 55.3 Å². The fourth-order valence-electron chi connectivity index (χ4n) is 2.61. The van der Waals surface area contributed by atoms with Gasteiger partial charge in [0, 0.05) is 19.0 Å². The number of hydrogen-bond donors (Lipinski definition) is 1. The van der Waals surface area contributed by atoms with Crippen molar-refractivity contribution >= 4 is 0 Å². The van der Waals surface area contributed by atoms with E-state index in [0.29, 0.717) is 12.0 Å². The van der Waals surface area contributed by atoms with Gasteiger partial charge < -0.3 is 15.1 Å². The van der Waals surface area contributed by atoms with Gasteiger partial charge in [-0.1, -0.05) is 0 Å². The Morgan fingerprint density at radius 3 is 2.89 bits per heavy atom. The van der Waals surface area contributed by atoms with Crippen LogP contribution in [0.1, 0.15) is 51.3 Å².